The Hall–Kier alpha value is -2.89. The molecule has 4 aromatic rings. The minimum Gasteiger partial charge on any atom is -0.506 e. The smallest absolute Gasteiger partial charge is 0.228 e. The summed E-state index contributed by atoms with van der Waals surface area (Å²) in [5.41, 5.74) is 4.05. The molecular weight excluding hydrogens is 385 g/mol. The first kappa shape index (κ1) is 17.5. The Labute approximate surface area is 164 Å². The number of fused-ring (bicyclic) bond motifs is 1. The molecule has 0 atom stereocenters. The van der Waals surface area contributed by atoms with Gasteiger partial charge in [-0.25, -0.2) is 4.98 Å². The number of aromatic nitrogens is 2. The molecular formula is C20H13Cl2N3O2. The number of pyridine rings is 1. The van der Waals surface area contributed by atoms with Gasteiger partial charge in [0, 0.05) is 28.6 Å². The molecule has 0 amide bonds. The van der Waals surface area contributed by atoms with Crippen LogP contribution in [0.3, 0.4) is 0 Å². The van der Waals surface area contributed by atoms with Crippen molar-refractivity contribution in [3.05, 3.63) is 69.8 Å². The Morgan fingerprint density at radius 3 is 2.81 bits per heavy atom. The van der Waals surface area contributed by atoms with E-state index in [9.17, 15) is 5.11 Å². The summed E-state index contributed by atoms with van der Waals surface area (Å²) in [6, 6.07) is 12.4. The van der Waals surface area contributed by atoms with Crippen LogP contribution in [0.1, 0.15) is 11.1 Å². The summed E-state index contributed by atoms with van der Waals surface area (Å²) in [6.07, 6.45) is 3.19. The highest BCUT2D eigenvalue weighted by Gasteiger charge is 2.11. The second-order valence-electron chi connectivity index (χ2n) is 5.93. The summed E-state index contributed by atoms with van der Waals surface area (Å²) < 4.78 is 5.76. The van der Waals surface area contributed by atoms with Crippen LogP contribution in [0.15, 0.2) is 58.1 Å². The standard InChI is InChI=1S/C20H13Cl2N3O2/c1-11-4-5-12(20-25-19-17(27-20)3-2-6-23-19)8-16(11)24-10-13-7-14(21)9-15(22)18(13)26/h2-10,26H,1H3. The Kier molecular flexibility index (Phi) is 4.56. The molecule has 1 N–H and O–H groups in total. The molecule has 0 radical (unpaired) electrons. The number of hydrogen-bond acceptors (Lipinski definition) is 5. The van der Waals surface area contributed by atoms with Gasteiger partial charge in [-0.05, 0) is 48.9 Å². The predicted molar refractivity (Wildman–Crippen MR) is 107 cm³/mol. The molecule has 0 aliphatic carbocycles. The van der Waals surface area contributed by atoms with Crippen LogP contribution in [0, 0.1) is 6.92 Å². The summed E-state index contributed by atoms with van der Waals surface area (Å²) in [5, 5.41) is 10.7. The van der Waals surface area contributed by atoms with Gasteiger partial charge in [0.1, 0.15) is 5.75 Å². The van der Waals surface area contributed by atoms with Gasteiger partial charge < -0.3 is 9.52 Å². The van der Waals surface area contributed by atoms with Crippen molar-refractivity contribution in [3.63, 3.8) is 0 Å². The maximum absolute atomic E-state index is 10.1. The zero-order valence-corrected chi connectivity index (χ0v) is 15.7. The third-order valence-corrected chi connectivity index (χ3v) is 4.53. The molecule has 0 saturated heterocycles. The Bertz CT molecular complexity index is 1150. The number of nitrogens with zero attached hydrogens (tertiary/aromatic N) is 3. The molecule has 5 nitrogen and oxygen atoms in total. The second kappa shape index (κ2) is 7.02. The zero-order valence-electron chi connectivity index (χ0n) is 14.1. The number of rotatable bonds is 3. The first-order valence-electron chi connectivity index (χ1n) is 8.06. The number of hydrogen-bond donors (Lipinski definition) is 1. The van der Waals surface area contributed by atoms with E-state index in [0.29, 0.717) is 33.4 Å². The van der Waals surface area contributed by atoms with Crippen molar-refractivity contribution in [1.82, 2.24) is 9.97 Å². The van der Waals surface area contributed by atoms with E-state index in [1.807, 2.05) is 31.2 Å². The molecule has 0 saturated carbocycles. The van der Waals surface area contributed by atoms with Crippen molar-refractivity contribution in [1.29, 1.82) is 0 Å². The lowest BCUT2D eigenvalue weighted by Crippen LogP contribution is -1.85. The lowest BCUT2D eigenvalue weighted by molar-refractivity contribution is 0.475. The molecule has 2 heterocycles. The van der Waals surface area contributed by atoms with E-state index < -0.39 is 0 Å². The molecule has 2 aromatic carbocycles. The van der Waals surface area contributed by atoms with Crippen molar-refractivity contribution in [2.75, 3.05) is 0 Å². The zero-order chi connectivity index (χ0) is 19.0. The summed E-state index contributed by atoms with van der Waals surface area (Å²) in [6.45, 7) is 1.94. The van der Waals surface area contributed by atoms with Gasteiger partial charge in [0.25, 0.3) is 0 Å². The number of phenols is 1. The molecule has 0 spiro atoms. The Balaban J connectivity index is 1.73. The summed E-state index contributed by atoms with van der Waals surface area (Å²) in [7, 11) is 0. The van der Waals surface area contributed by atoms with Crippen LogP contribution in [-0.4, -0.2) is 21.3 Å². The van der Waals surface area contributed by atoms with E-state index in [-0.39, 0.29) is 10.8 Å². The number of halogens is 2. The van der Waals surface area contributed by atoms with Crippen LogP contribution in [0.2, 0.25) is 10.0 Å². The Morgan fingerprint density at radius 2 is 2.00 bits per heavy atom. The van der Waals surface area contributed by atoms with Gasteiger partial charge in [-0.3, -0.25) is 4.99 Å². The lowest BCUT2D eigenvalue weighted by atomic mass is 10.1. The average molecular weight is 398 g/mol. The fourth-order valence-electron chi connectivity index (χ4n) is 2.60. The molecule has 0 aliphatic rings. The quantitative estimate of drug-likeness (QED) is 0.432. The van der Waals surface area contributed by atoms with Crippen LogP contribution in [-0.2, 0) is 0 Å². The van der Waals surface area contributed by atoms with Gasteiger partial charge in [-0.2, -0.15) is 4.98 Å². The van der Waals surface area contributed by atoms with Crippen molar-refractivity contribution in [2.24, 2.45) is 4.99 Å². The third-order valence-electron chi connectivity index (χ3n) is 4.02. The van der Waals surface area contributed by atoms with Crippen molar-refractivity contribution >= 4 is 46.3 Å². The highest BCUT2D eigenvalue weighted by molar-refractivity contribution is 6.36. The Morgan fingerprint density at radius 1 is 1.15 bits per heavy atom. The summed E-state index contributed by atoms with van der Waals surface area (Å²) >= 11 is 11.9. The second-order valence-corrected chi connectivity index (χ2v) is 6.77. The molecule has 0 unspecified atom stereocenters. The molecule has 27 heavy (non-hydrogen) atoms. The average Bonchev–Trinajstić information content (AvgIpc) is 3.08. The van der Waals surface area contributed by atoms with Gasteiger partial charge >= 0.3 is 0 Å². The highest BCUT2D eigenvalue weighted by atomic mass is 35.5. The summed E-state index contributed by atoms with van der Waals surface area (Å²) in [4.78, 5) is 13.1. The van der Waals surface area contributed by atoms with Gasteiger partial charge in [0.2, 0.25) is 5.89 Å². The number of aliphatic imine (C=N–C) groups is 1. The van der Waals surface area contributed by atoms with Gasteiger partial charge in [-0.1, -0.05) is 29.3 Å². The third kappa shape index (κ3) is 3.52. The van der Waals surface area contributed by atoms with Crippen LogP contribution in [0.5, 0.6) is 5.75 Å². The van der Waals surface area contributed by atoms with E-state index in [4.69, 9.17) is 27.6 Å². The molecule has 4 rings (SSSR count). The molecule has 7 heteroatoms. The number of phenolic OH excluding ortho intramolecular Hbond substituents is 1. The number of oxazole rings is 1. The first-order chi connectivity index (χ1) is 13.0. The van der Waals surface area contributed by atoms with E-state index in [0.717, 1.165) is 11.1 Å². The number of benzene rings is 2. The fourth-order valence-corrected chi connectivity index (χ4v) is 3.11. The monoisotopic (exact) mass is 397 g/mol. The minimum atomic E-state index is -0.0661. The van der Waals surface area contributed by atoms with E-state index >= 15 is 0 Å². The van der Waals surface area contributed by atoms with Crippen molar-refractivity contribution in [2.45, 2.75) is 6.92 Å². The normalized spacial score (nSPS) is 11.5. The van der Waals surface area contributed by atoms with E-state index in [1.54, 1.807) is 18.3 Å². The fraction of sp³-hybridized carbons (Fsp3) is 0.0500. The SMILES string of the molecule is Cc1ccc(-c2nc3ncccc3o2)cc1N=Cc1cc(Cl)cc(Cl)c1O. The number of aryl methyl sites for hydroxylation is 1. The molecule has 0 bridgehead atoms. The highest BCUT2D eigenvalue weighted by Crippen LogP contribution is 2.32. The van der Waals surface area contributed by atoms with Crippen LogP contribution < -0.4 is 0 Å². The maximum atomic E-state index is 10.1. The first-order valence-corrected chi connectivity index (χ1v) is 8.81. The van der Waals surface area contributed by atoms with Crippen LogP contribution in [0.4, 0.5) is 5.69 Å². The van der Waals surface area contributed by atoms with Crippen LogP contribution in [0.25, 0.3) is 22.7 Å². The van der Waals surface area contributed by atoms with Crippen LogP contribution >= 0.6 is 23.2 Å². The maximum Gasteiger partial charge on any atom is 0.228 e. The lowest BCUT2D eigenvalue weighted by Gasteiger charge is -2.04. The summed E-state index contributed by atoms with van der Waals surface area (Å²) in [5.74, 6) is 0.400. The van der Waals surface area contributed by atoms with E-state index in [2.05, 4.69) is 15.0 Å². The van der Waals surface area contributed by atoms with Crippen molar-refractivity contribution < 1.29 is 9.52 Å². The molecule has 0 aliphatic heterocycles. The largest absolute Gasteiger partial charge is 0.506 e. The molecule has 134 valence electrons. The minimum absolute atomic E-state index is 0.0661. The van der Waals surface area contributed by atoms with Gasteiger partial charge in [0.05, 0.1) is 10.7 Å². The topological polar surface area (TPSA) is 71.5 Å². The van der Waals surface area contributed by atoms with Crippen molar-refractivity contribution in [3.8, 4) is 17.2 Å². The van der Waals surface area contributed by atoms with Gasteiger partial charge in [-0.15, -0.1) is 0 Å². The van der Waals surface area contributed by atoms with E-state index in [1.165, 1.54) is 12.3 Å². The molecule has 2 aromatic heterocycles. The predicted octanol–water partition coefficient (Wildman–Crippen LogP) is 5.96. The number of aromatic hydroxyl groups is 1. The molecule has 0 fully saturated rings. The van der Waals surface area contributed by atoms with Gasteiger partial charge in [0.15, 0.2) is 11.2 Å².